The highest BCUT2D eigenvalue weighted by molar-refractivity contribution is 5.81. The molecule has 1 aliphatic heterocycles. The summed E-state index contributed by atoms with van der Waals surface area (Å²) >= 11 is 0. The van der Waals surface area contributed by atoms with E-state index >= 15 is 0 Å². The Bertz CT molecular complexity index is 530. The summed E-state index contributed by atoms with van der Waals surface area (Å²) in [6.07, 6.45) is 3.92. The van der Waals surface area contributed by atoms with Gasteiger partial charge in [-0.15, -0.1) is 0 Å². The van der Waals surface area contributed by atoms with Gasteiger partial charge >= 0.3 is 5.97 Å². The third-order valence-corrected chi connectivity index (χ3v) is 4.37. The van der Waals surface area contributed by atoms with Crippen molar-refractivity contribution >= 4 is 11.9 Å². The molecule has 0 radical (unpaired) electrons. The fraction of sp³-hybridized carbons (Fsp3) is 0.619. The van der Waals surface area contributed by atoms with Gasteiger partial charge < -0.3 is 20.1 Å². The van der Waals surface area contributed by atoms with E-state index in [4.69, 9.17) is 9.84 Å². The summed E-state index contributed by atoms with van der Waals surface area (Å²) in [4.78, 5) is 24.8. The van der Waals surface area contributed by atoms with Crippen LogP contribution in [0.15, 0.2) is 30.3 Å². The molecule has 0 saturated carbocycles. The summed E-state index contributed by atoms with van der Waals surface area (Å²) in [5, 5.41) is 12.3. The average molecular weight is 379 g/mol. The Balaban J connectivity index is 0.00000176. The lowest BCUT2D eigenvalue weighted by molar-refractivity contribution is -0.144. The molecule has 1 amide bonds. The van der Waals surface area contributed by atoms with E-state index in [1.165, 1.54) is 4.90 Å². The van der Waals surface area contributed by atoms with E-state index in [0.29, 0.717) is 32.4 Å². The molecule has 0 spiro atoms. The molecular formula is C21H34N2O4. The Morgan fingerprint density at radius 3 is 2.48 bits per heavy atom. The highest BCUT2D eigenvalue weighted by atomic mass is 16.5. The summed E-state index contributed by atoms with van der Waals surface area (Å²) in [7, 11) is 0. The third-order valence-electron chi connectivity index (χ3n) is 4.37. The Kier molecular flexibility index (Phi) is 12.1. The zero-order valence-corrected chi connectivity index (χ0v) is 16.7. The predicted molar refractivity (Wildman–Crippen MR) is 107 cm³/mol. The molecule has 6 nitrogen and oxygen atoms in total. The van der Waals surface area contributed by atoms with Crippen LogP contribution in [-0.4, -0.2) is 60.8 Å². The average Bonchev–Trinajstić information content (AvgIpc) is 2.71. The molecule has 27 heavy (non-hydrogen) atoms. The molecule has 152 valence electrons. The van der Waals surface area contributed by atoms with Crippen LogP contribution in [0.3, 0.4) is 0 Å². The molecule has 1 aromatic rings. The first-order valence-electron chi connectivity index (χ1n) is 10.0. The van der Waals surface area contributed by atoms with Crippen LogP contribution in [-0.2, 0) is 20.7 Å². The van der Waals surface area contributed by atoms with Crippen molar-refractivity contribution in [2.24, 2.45) is 0 Å². The van der Waals surface area contributed by atoms with Crippen LogP contribution < -0.4 is 5.32 Å². The van der Waals surface area contributed by atoms with Crippen molar-refractivity contribution in [3.8, 4) is 0 Å². The number of carbonyl (C=O) groups is 2. The van der Waals surface area contributed by atoms with Crippen molar-refractivity contribution in [3.05, 3.63) is 35.9 Å². The van der Waals surface area contributed by atoms with Crippen LogP contribution in [0.1, 0.15) is 45.1 Å². The summed E-state index contributed by atoms with van der Waals surface area (Å²) in [5.41, 5.74) is 1.10. The molecule has 6 heteroatoms. The number of aliphatic carboxylic acids is 1. The number of nitrogens with one attached hydrogen (secondary N) is 1. The second-order valence-corrected chi connectivity index (χ2v) is 6.37. The Morgan fingerprint density at radius 1 is 1.19 bits per heavy atom. The molecule has 0 aliphatic carbocycles. The van der Waals surface area contributed by atoms with Gasteiger partial charge in [0.15, 0.2) is 0 Å². The minimum atomic E-state index is -0.979. The predicted octanol–water partition coefficient (Wildman–Crippen LogP) is 2.72. The van der Waals surface area contributed by atoms with Crippen LogP contribution in [0.2, 0.25) is 0 Å². The van der Waals surface area contributed by atoms with Gasteiger partial charge in [0.25, 0.3) is 0 Å². The zero-order chi connectivity index (χ0) is 19.9. The SMILES string of the molecule is CC.O=C(O)CN(CCc1ccccc1)C(=O)CCCOC1CCNCC1. The van der Waals surface area contributed by atoms with Gasteiger partial charge in [-0.05, 0) is 44.3 Å². The minimum absolute atomic E-state index is 0.118. The van der Waals surface area contributed by atoms with Crippen molar-refractivity contribution in [1.29, 1.82) is 0 Å². The van der Waals surface area contributed by atoms with Crippen LogP contribution in [0.25, 0.3) is 0 Å². The molecule has 2 N–H and O–H groups in total. The normalized spacial score (nSPS) is 14.1. The van der Waals surface area contributed by atoms with Crippen LogP contribution in [0.4, 0.5) is 0 Å². The number of benzene rings is 1. The van der Waals surface area contributed by atoms with Gasteiger partial charge in [-0.1, -0.05) is 44.2 Å². The zero-order valence-electron chi connectivity index (χ0n) is 16.7. The monoisotopic (exact) mass is 378 g/mol. The molecule has 1 fully saturated rings. The number of amides is 1. The standard InChI is InChI=1S/C19H28N2O4.C2H6/c22-18(7-4-14-25-17-8-11-20-12-9-17)21(15-19(23)24)13-10-16-5-2-1-3-6-16;1-2/h1-3,5-6,17,20H,4,7-15H2,(H,23,24);1-2H3. The number of carboxylic acids is 1. The molecule has 2 rings (SSSR count). The fourth-order valence-electron chi connectivity index (χ4n) is 2.96. The molecule has 1 heterocycles. The number of rotatable bonds is 10. The third kappa shape index (κ3) is 10.1. The molecule has 1 aromatic carbocycles. The van der Waals surface area contributed by atoms with Crippen molar-refractivity contribution in [2.75, 3.05) is 32.8 Å². The number of piperidine rings is 1. The number of carbonyl (C=O) groups excluding carboxylic acids is 1. The smallest absolute Gasteiger partial charge is 0.323 e. The number of nitrogens with zero attached hydrogens (tertiary/aromatic N) is 1. The number of carboxylic acid groups (broad SMARTS) is 1. The van der Waals surface area contributed by atoms with Crippen molar-refractivity contribution in [3.63, 3.8) is 0 Å². The van der Waals surface area contributed by atoms with Gasteiger partial charge in [0.2, 0.25) is 5.91 Å². The molecule has 0 unspecified atom stereocenters. The van der Waals surface area contributed by atoms with E-state index in [2.05, 4.69) is 5.32 Å². The Hall–Kier alpha value is -1.92. The minimum Gasteiger partial charge on any atom is -0.480 e. The molecular weight excluding hydrogens is 344 g/mol. The summed E-state index contributed by atoms with van der Waals surface area (Å²) in [6, 6.07) is 9.78. The van der Waals surface area contributed by atoms with Crippen LogP contribution in [0, 0.1) is 0 Å². The highest BCUT2D eigenvalue weighted by Crippen LogP contribution is 2.09. The van der Waals surface area contributed by atoms with Crippen LogP contribution >= 0.6 is 0 Å². The molecule has 0 atom stereocenters. The van der Waals surface area contributed by atoms with Gasteiger partial charge in [-0.2, -0.15) is 0 Å². The van der Waals surface area contributed by atoms with Crippen molar-refractivity contribution in [1.82, 2.24) is 10.2 Å². The lowest BCUT2D eigenvalue weighted by Gasteiger charge is -2.23. The fourth-order valence-corrected chi connectivity index (χ4v) is 2.96. The number of hydrogen-bond donors (Lipinski definition) is 2. The van der Waals surface area contributed by atoms with E-state index in [-0.39, 0.29) is 18.6 Å². The maximum Gasteiger partial charge on any atom is 0.323 e. The molecule has 1 saturated heterocycles. The molecule has 0 bridgehead atoms. The number of hydrogen-bond acceptors (Lipinski definition) is 4. The quantitative estimate of drug-likeness (QED) is 0.612. The lowest BCUT2D eigenvalue weighted by Crippen LogP contribution is -2.37. The summed E-state index contributed by atoms with van der Waals surface area (Å²) in [5.74, 6) is -1.10. The van der Waals surface area contributed by atoms with E-state index in [1.807, 2.05) is 44.2 Å². The van der Waals surface area contributed by atoms with Gasteiger partial charge in [0.05, 0.1) is 6.10 Å². The van der Waals surface area contributed by atoms with Crippen molar-refractivity contribution in [2.45, 2.75) is 52.1 Å². The summed E-state index contributed by atoms with van der Waals surface area (Å²) < 4.78 is 5.80. The largest absolute Gasteiger partial charge is 0.480 e. The van der Waals surface area contributed by atoms with Gasteiger partial charge in [-0.3, -0.25) is 9.59 Å². The molecule has 1 aliphatic rings. The maximum atomic E-state index is 12.3. The van der Waals surface area contributed by atoms with Crippen LogP contribution in [0.5, 0.6) is 0 Å². The van der Waals surface area contributed by atoms with Crippen molar-refractivity contribution < 1.29 is 19.4 Å². The Labute approximate surface area is 162 Å². The maximum absolute atomic E-state index is 12.3. The first-order chi connectivity index (χ1) is 13.1. The summed E-state index contributed by atoms with van der Waals surface area (Å²) in [6.45, 7) is 6.69. The Morgan fingerprint density at radius 2 is 1.85 bits per heavy atom. The second-order valence-electron chi connectivity index (χ2n) is 6.37. The van der Waals surface area contributed by atoms with E-state index in [0.717, 1.165) is 31.5 Å². The van der Waals surface area contributed by atoms with Gasteiger partial charge in [0.1, 0.15) is 6.54 Å². The lowest BCUT2D eigenvalue weighted by atomic mass is 10.1. The van der Waals surface area contributed by atoms with E-state index in [9.17, 15) is 9.59 Å². The first kappa shape index (κ1) is 23.1. The topological polar surface area (TPSA) is 78.9 Å². The highest BCUT2D eigenvalue weighted by Gasteiger charge is 2.17. The van der Waals surface area contributed by atoms with E-state index < -0.39 is 5.97 Å². The second kappa shape index (κ2) is 14.2. The molecule has 0 aromatic heterocycles. The number of ether oxygens (including phenoxy) is 1. The first-order valence-corrected chi connectivity index (χ1v) is 10.0. The van der Waals surface area contributed by atoms with Gasteiger partial charge in [-0.25, -0.2) is 0 Å². The van der Waals surface area contributed by atoms with E-state index in [1.54, 1.807) is 0 Å². The van der Waals surface area contributed by atoms with Gasteiger partial charge in [0, 0.05) is 19.6 Å².